The molecule has 0 aromatic rings. The molecule has 0 aromatic heterocycles. The molecule has 0 amide bonds. The molecule has 0 bridgehead atoms. The first-order chi connectivity index (χ1) is 3.21. The van der Waals surface area contributed by atoms with Gasteiger partial charge in [0.2, 0.25) is 0 Å². The van der Waals surface area contributed by atoms with Crippen molar-refractivity contribution < 1.29 is 13.6 Å². The number of hydrogen-bond donors (Lipinski definition) is 1. The molecular formula is C2H6NO3P. The quantitative estimate of drug-likeness (QED) is 0.464. The van der Waals surface area contributed by atoms with Gasteiger partial charge >= 0.3 is 7.75 Å². The molecule has 0 radical (unpaired) electrons. The summed E-state index contributed by atoms with van der Waals surface area (Å²) >= 11 is 0. The molecule has 0 aromatic carbocycles. The Balaban J connectivity index is 2.57. The summed E-state index contributed by atoms with van der Waals surface area (Å²) in [4.78, 5) is 0. The van der Waals surface area contributed by atoms with Crippen molar-refractivity contribution >= 4 is 7.75 Å². The van der Waals surface area contributed by atoms with E-state index >= 15 is 0 Å². The second kappa shape index (κ2) is 1.56. The van der Waals surface area contributed by atoms with Crippen LogP contribution in [-0.4, -0.2) is 13.2 Å². The Morgan fingerprint density at radius 2 is 1.86 bits per heavy atom. The second-order valence-electron chi connectivity index (χ2n) is 1.21. The number of rotatable bonds is 0. The van der Waals surface area contributed by atoms with Gasteiger partial charge in [0.25, 0.3) is 0 Å². The van der Waals surface area contributed by atoms with E-state index in [1.165, 1.54) is 0 Å². The summed E-state index contributed by atoms with van der Waals surface area (Å²) in [5.74, 6) is 0. The standard InChI is InChI=1S/C2H6NO3P/c3-7(4)5-1-2-6-7/h1-2H2,(H2,3,4). The van der Waals surface area contributed by atoms with Crippen LogP contribution in [0.3, 0.4) is 0 Å². The van der Waals surface area contributed by atoms with E-state index in [1.54, 1.807) is 0 Å². The largest absolute Gasteiger partial charge is 0.403 e. The summed E-state index contributed by atoms with van der Waals surface area (Å²) in [7, 11) is -3.04. The van der Waals surface area contributed by atoms with Crippen LogP contribution < -0.4 is 5.50 Å². The third-order valence-electron chi connectivity index (χ3n) is 0.626. The smallest absolute Gasteiger partial charge is 0.294 e. The van der Waals surface area contributed by atoms with Gasteiger partial charge in [-0.25, -0.2) is 10.1 Å². The molecule has 0 spiro atoms. The highest BCUT2D eigenvalue weighted by Gasteiger charge is 2.23. The van der Waals surface area contributed by atoms with Crippen molar-refractivity contribution in [3.63, 3.8) is 0 Å². The van der Waals surface area contributed by atoms with Crippen molar-refractivity contribution in [1.82, 2.24) is 0 Å². The molecule has 5 heteroatoms. The zero-order valence-corrected chi connectivity index (χ0v) is 4.56. The topological polar surface area (TPSA) is 61.6 Å². The monoisotopic (exact) mass is 123 g/mol. The van der Waals surface area contributed by atoms with Gasteiger partial charge in [-0.05, 0) is 0 Å². The molecule has 0 atom stereocenters. The molecule has 1 aliphatic rings. The summed E-state index contributed by atoms with van der Waals surface area (Å²) in [6.45, 7) is 0.710. The normalized spacial score (nSPS) is 28.1. The van der Waals surface area contributed by atoms with Crippen LogP contribution in [0.4, 0.5) is 0 Å². The predicted octanol–water partition coefficient (Wildman–Crippen LogP) is 0.1000. The summed E-state index contributed by atoms with van der Waals surface area (Å²) in [6, 6.07) is 0. The van der Waals surface area contributed by atoms with Gasteiger partial charge in [-0.15, -0.1) is 0 Å². The van der Waals surface area contributed by atoms with Crippen molar-refractivity contribution in [2.75, 3.05) is 13.2 Å². The first-order valence-corrected chi connectivity index (χ1v) is 3.50. The van der Waals surface area contributed by atoms with Crippen LogP contribution in [0, 0.1) is 0 Å². The molecular weight excluding hydrogens is 117 g/mol. The molecule has 2 N–H and O–H groups in total. The van der Waals surface area contributed by atoms with E-state index in [2.05, 4.69) is 9.05 Å². The van der Waals surface area contributed by atoms with Crippen LogP contribution in [-0.2, 0) is 13.6 Å². The minimum Gasteiger partial charge on any atom is -0.294 e. The molecule has 0 aliphatic carbocycles. The van der Waals surface area contributed by atoms with Crippen LogP contribution in [0.15, 0.2) is 0 Å². The van der Waals surface area contributed by atoms with E-state index in [-0.39, 0.29) is 0 Å². The van der Waals surface area contributed by atoms with E-state index in [0.29, 0.717) is 13.2 Å². The molecule has 0 saturated carbocycles. The Hall–Kier alpha value is 0.110. The number of hydrogen-bond acceptors (Lipinski definition) is 3. The van der Waals surface area contributed by atoms with Crippen LogP contribution in [0.2, 0.25) is 0 Å². The van der Waals surface area contributed by atoms with Crippen LogP contribution in [0.5, 0.6) is 0 Å². The van der Waals surface area contributed by atoms with Crippen LogP contribution in [0.25, 0.3) is 0 Å². The Kier molecular flexibility index (Phi) is 1.17. The molecule has 1 rings (SSSR count). The van der Waals surface area contributed by atoms with Gasteiger partial charge in [-0.1, -0.05) is 0 Å². The fourth-order valence-corrected chi connectivity index (χ4v) is 1.10. The average molecular weight is 123 g/mol. The molecule has 1 heterocycles. The Labute approximate surface area is 41.2 Å². The highest BCUT2D eigenvalue weighted by Crippen LogP contribution is 2.42. The fourth-order valence-electron chi connectivity index (χ4n) is 0.366. The average Bonchev–Trinajstić information content (AvgIpc) is 1.84. The first kappa shape index (κ1) is 5.25. The van der Waals surface area contributed by atoms with Crippen LogP contribution >= 0.6 is 7.75 Å². The third-order valence-corrected chi connectivity index (χ3v) is 1.71. The SMILES string of the molecule is NP1(=O)OCCO1. The Morgan fingerprint density at radius 3 is 2.00 bits per heavy atom. The fraction of sp³-hybridized carbons (Fsp3) is 1.00. The molecule has 42 valence electrons. The highest BCUT2D eigenvalue weighted by molar-refractivity contribution is 7.51. The minimum absolute atomic E-state index is 0.355. The molecule has 1 fully saturated rings. The van der Waals surface area contributed by atoms with E-state index < -0.39 is 7.75 Å². The zero-order valence-electron chi connectivity index (χ0n) is 3.66. The lowest BCUT2D eigenvalue weighted by molar-refractivity contribution is 0.353. The van der Waals surface area contributed by atoms with Gasteiger partial charge < -0.3 is 0 Å². The number of nitrogens with two attached hydrogens (primary N) is 1. The zero-order chi connectivity index (χ0) is 5.33. The lowest BCUT2D eigenvalue weighted by atomic mass is 10.8. The van der Waals surface area contributed by atoms with E-state index in [9.17, 15) is 4.57 Å². The highest BCUT2D eigenvalue weighted by atomic mass is 31.2. The maximum atomic E-state index is 10.3. The van der Waals surface area contributed by atoms with Gasteiger partial charge in [0, 0.05) is 0 Å². The molecule has 1 saturated heterocycles. The molecule has 4 nitrogen and oxygen atoms in total. The van der Waals surface area contributed by atoms with Crippen molar-refractivity contribution in [3.8, 4) is 0 Å². The molecule has 0 unspecified atom stereocenters. The van der Waals surface area contributed by atoms with E-state index in [0.717, 1.165) is 0 Å². The summed E-state index contributed by atoms with van der Waals surface area (Å²) in [5, 5.41) is 0. The summed E-state index contributed by atoms with van der Waals surface area (Å²) < 4.78 is 19.2. The lowest BCUT2D eigenvalue weighted by Crippen LogP contribution is -1.91. The van der Waals surface area contributed by atoms with E-state index in [4.69, 9.17) is 5.50 Å². The maximum absolute atomic E-state index is 10.3. The Morgan fingerprint density at radius 1 is 1.43 bits per heavy atom. The maximum Gasteiger partial charge on any atom is 0.403 e. The van der Waals surface area contributed by atoms with Gasteiger partial charge in [-0.3, -0.25) is 9.05 Å². The van der Waals surface area contributed by atoms with Crippen molar-refractivity contribution in [1.29, 1.82) is 0 Å². The first-order valence-electron chi connectivity index (χ1n) is 1.88. The second-order valence-corrected chi connectivity index (χ2v) is 2.80. The third kappa shape index (κ3) is 1.24. The van der Waals surface area contributed by atoms with Crippen molar-refractivity contribution in [2.45, 2.75) is 0 Å². The van der Waals surface area contributed by atoms with Gasteiger partial charge in [-0.2, -0.15) is 0 Å². The summed E-state index contributed by atoms with van der Waals surface area (Å²) in [6.07, 6.45) is 0. The summed E-state index contributed by atoms with van der Waals surface area (Å²) in [5.41, 5.74) is 4.89. The lowest BCUT2D eigenvalue weighted by Gasteiger charge is -1.96. The van der Waals surface area contributed by atoms with Crippen molar-refractivity contribution in [2.24, 2.45) is 5.50 Å². The van der Waals surface area contributed by atoms with Crippen molar-refractivity contribution in [3.05, 3.63) is 0 Å². The predicted molar refractivity (Wildman–Crippen MR) is 23.7 cm³/mol. The molecule has 1 aliphatic heterocycles. The van der Waals surface area contributed by atoms with Gasteiger partial charge in [0.15, 0.2) is 0 Å². The van der Waals surface area contributed by atoms with E-state index in [1.807, 2.05) is 0 Å². The molecule has 7 heavy (non-hydrogen) atoms. The minimum atomic E-state index is -3.04. The van der Waals surface area contributed by atoms with Gasteiger partial charge in [0.1, 0.15) is 0 Å². The van der Waals surface area contributed by atoms with Crippen LogP contribution in [0.1, 0.15) is 0 Å². The Bertz CT molecular complexity index is 104. The van der Waals surface area contributed by atoms with Gasteiger partial charge in [0.05, 0.1) is 13.2 Å².